The molecule has 1 saturated carbocycles. The summed E-state index contributed by atoms with van der Waals surface area (Å²) in [7, 11) is 1.15. The number of ketones is 1. The highest BCUT2D eigenvalue weighted by Crippen LogP contribution is 2.35. The van der Waals surface area contributed by atoms with Crippen LogP contribution < -0.4 is 0 Å². The summed E-state index contributed by atoms with van der Waals surface area (Å²) >= 11 is 0. The van der Waals surface area contributed by atoms with Gasteiger partial charge in [-0.2, -0.15) is 0 Å². The molecule has 0 radical (unpaired) electrons. The van der Waals surface area contributed by atoms with E-state index in [4.69, 9.17) is 0 Å². The maximum Gasteiger partial charge on any atom is 0.376 e. The Labute approximate surface area is 169 Å². The van der Waals surface area contributed by atoms with Gasteiger partial charge in [0.2, 0.25) is 5.76 Å². The molecular formula is C23H38O5. The molecule has 0 saturated heterocycles. The third kappa shape index (κ3) is 8.07. The van der Waals surface area contributed by atoms with E-state index in [1.165, 1.54) is 19.3 Å². The molecule has 1 fully saturated rings. The maximum absolute atomic E-state index is 12.3. The highest BCUT2D eigenvalue weighted by Gasteiger charge is 2.32. The lowest BCUT2D eigenvalue weighted by Crippen LogP contribution is -2.14. The first-order valence-corrected chi connectivity index (χ1v) is 10.6. The van der Waals surface area contributed by atoms with Crippen LogP contribution in [0.15, 0.2) is 23.7 Å². The lowest BCUT2D eigenvalue weighted by Gasteiger charge is -2.23. The van der Waals surface area contributed by atoms with Crippen molar-refractivity contribution in [2.24, 2.45) is 17.3 Å². The first kappa shape index (κ1) is 24.3. The molecule has 2 N–H and O–H groups in total. The van der Waals surface area contributed by atoms with Crippen molar-refractivity contribution >= 4 is 11.8 Å². The number of methoxy groups -OCH3 is 1. The summed E-state index contributed by atoms with van der Waals surface area (Å²) in [6, 6.07) is 0. The average molecular weight is 395 g/mol. The fourth-order valence-corrected chi connectivity index (χ4v) is 3.85. The van der Waals surface area contributed by atoms with Crippen LogP contribution in [-0.4, -0.2) is 29.1 Å². The molecule has 0 aromatic carbocycles. The first-order chi connectivity index (χ1) is 13.2. The third-order valence-corrected chi connectivity index (χ3v) is 5.75. The van der Waals surface area contributed by atoms with Gasteiger partial charge in [-0.1, -0.05) is 52.2 Å². The Morgan fingerprint density at radius 1 is 1.25 bits per heavy atom. The van der Waals surface area contributed by atoms with E-state index in [-0.39, 0.29) is 18.1 Å². The average Bonchev–Trinajstić information content (AvgIpc) is 3.01. The van der Waals surface area contributed by atoms with E-state index >= 15 is 0 Å². The Morgan fingerprint density at radius 2 is 1.96 bits per heavy atom. The van der Waals surface area contributed by atoms with Gasteiger partial charge in [0.1, 0.15) is 11.5 Å². The van der Waals surface area contributed by atoms with E-state index in [1.54, 1.807) is 0 Å². The van der Waals surface area contributed by atoms with Gasteiger partial charge in [-0.3, -0.25) is 4.79 Å². The fourth-order valence-electron chi connectivity index (χ4n) is 3.85. The molecule has 0 aliphatic heterocycles. The van der Waals surface area contributed by atoms with E-state index in [1.807, 2.05) is 0 Å². The van der Waals surface area contributed by atoms with Crippen LogP contribution in [0.25, 0.3) is 0 Å². The first-order valence-electron chi connectivity index (χ1n) is 10.6. The summed E-state index contributed by atoms with van der Waals surface area (Å²) in [4.78, 5) is 23.4. The van der Waals surface area contributed by atoms with Gasteiger partial charge in [0.05, 0.1) is 7.11 Å². The summed E-state index contributed by atoms with van der Waals surface area (Å²) in [5.74, 6) is -1.33. The van der Waals surface area contributed by atoms with Crippen molar-refractivity contribution in [1.29, 1.82) is 0 Å². The van der Waals surface area contributed by atoms with Gasteiger partial charge in [-0.25, -0.2) is 4.79 Å². The molecule has 1 aliphatic rings. The number of carbonyl (C=O) groups excluding carboxylic acids is 2. The minimum Gasteiger partial charge on any atom is -0.508 e. The molecule has 1 aliphatic carbocycles. The second-order valence-electron chi connectivity index (χ2n) is 8.71. The standard InChI is InChI=1S/C23H38O5/c1-5-6-15-23(2,3)16-9-10-17-13-14-19(24)18(17)11-7-8-12-20(25)21(26)22(27)28-4/h9-10,17-18,25-26H,5-8,11-16H2,1-4H3/b10-9+,21-20+/t17-,18+/m0/s1. The van der Waals surface area contributed by atoms with Crippen LogP contribution >= 0.6 is 0 Å². The third-order valence-electron chi connectivity index (χ3n) is 5.75. The van der Waals surface area contributed by atoms with E-state index in [2.05, 4.69) is 37.7 Å². The predicted octanol–water partition coefficient (Wildman–Crippen LogP) is 5.81. The zero-order valence-corrected chi connectivity index (χ0v) is 18.0. The van der Waals surface area contributed by atoms with E-state index in [0.29, 0.717) is 30.0 Å². The molecule has 0 aromatic heterocycles. The summed E-state index contributed by atoms with van der Waals surface area (Å²) in [6.07, 6.45) is 13.1. The summed E-state index contributed by atoms with van der Waals surface area (Å²) in [5, 5.41) is 19.2. The summed E-state index contributed by atoms with van der Waals surface area (Å²) in [5.41, 5.74) is 0.302. The van der Waals surface area contributed by atoms with Crippen molar-refractivity contribution in [2.45, 2.75) is 85.0 Å². The largest absolute Gasteiger partial charge is 0.508 e. The molecule has 2 atom stereocenters. The SMILES string of the molecule is CCCCC(C)(C)C/C=C/[C@H]1CCC(=O)[C@@H]1CCCC/C(O)=C(\O)C(=O)OC. The number of aliphatic hydroxyl groups is 2. The van der Waals surface area contributed by atoms with E-state index in [9.17, 15) is 19.8 Å². The number of hydrogen-bond acceptors (Lipinski definition) is 5. The number of carbonyl (C=O) groups is 2. The molecule has 5 heteroatoms. The zero-order chi connectivity index (χ0) is 21.2. The lowest BCUT2D eigenvalue weighted by molar-refractivity contribution is -0.139. The second-order valence-corrected chi connectivity index (χ2v) is 8.71. The van der Waals surface area contributed by atoms with Crippen molar-refractivity contribution in [2.75, 3.05) is 7.11 Å². The monoisotopic (exact) mass is 394 g/mol. The van der Waals surface area contributed by atoms with Crippen LogP contribution in [0.1, 0.15) is 85.0 Å². The number of esters is 1. The quantitative estimate of drug-likeness (QED) is 0.144. The fraction of sp³-hybridized carbons (Fsp3) is 0.739. The summed E-state index contributed by atoms with van der Waals surface area (Å²) in [6.45, 7) is 6.81. The number of unbranched alkanes of at least 4 members (excludes halogenated alkanes) is 2. The van der Waals surface area contributed by atoms with Gasteiger partial charge < -0.3 is 14.9 Å². The van der Waals surface area contributed by atoms with Crippen LogP contribution in [0.5, 0.6) is 0 Å². The number of ether oxygens (including phenoxy) is 1. The topological polar surface area (TPSA) is 83.8 Å². The normalized spacial score (nSPS) is 21.2. The molecule has 0 spiro atoms. The highest BCUT2D eigenvalue weighted by molar-refractivity contribution is 5.86. The van der Waals surface area contributed by atoms with Gasteiger partial charge in [-0.15, -0.1) is 0 Å². The molecule has 0 bridgehead atoms. The molecule has 1 rings (SSSR count). The predicted molar refractivity (Wildman–Crippen MR) is 111 cm³/mol. The Hall–Kier alpha value is -1.78. The molecular weight excluding hydrogens is 356 g/mol. The molecule has 5 nitrogen and oxygen atoms in total. The molecule has 160 valence electrons. The number of rotatable bonds is 12. The van der Waals surface area contributed by atoms with Crippen LogP contribution in [-0.2, 0) is 14.3 Å². The Balaban J connectivity index is 2.47. The van der Waals surface area contributed by atoms with Gasteiger partial charge in [-0.05, 0) is 43.4 Å². The van der Waals surface area contributed by atoms with Gasteiger partial charge in [0.25, 0.3) is 0 Å². The molecule has 28 heavy (non-hydrogen) atoms. The maximum atomic E-state index is 12.3. The van der Waals surface area contributed by atoms with Crippen molar-refractivity contribution in [3.05, 3.63) is 23.7 Å². The van der Waals surface area contributed by atoms with Gasteiger partial charge >= 0.3 is 5.97 Å². The number of Topliss-reactive ketones (excluding diaryl/α,β-unsaturated/α-hetero) is 1. The number of hydrogen-bond donors (Lipinski definition) is 2. The van der Waals surface area contributed by atoms with Crippen LogP contribution in [0, 0.1) is 17.3 Å². The lowest BCUT2D eigenvalue weighted by atomic mass is 9.83. The highest BCUT2D eigenvalue weighted by atomic mass is 16.5. The Morgan fingerprint density at radius 3 is 2.61 bits per heavy atom. The Kier molecular flexibility index (Phi) is 10.3. The number of aliphatic hydroxyl groups excluding tert-OH is 2. The molecule has 0 aromatic rings. The minimum atomic E-state index is -0.935. The Bertz CT molecular complexity index is 574. The van der Waals surface area contributed by atoms with Crippen LogP contribution in [0.3, 0.4) is 0 Å². The van der Waals surface area contributed by atoms with Gasteiger partial charge in [0, 0.05) is 18.8 Å². The van der Waals surface area contributed by atoms with Gasteiger partial charge in [0.15, 0.2) is 0 Å². The van der Waals surface area contributed by atoms with Crippen molar-refractivity contribution < 1.29 is 24.5 Å². The summed E-state index contributed by atoms with van der Waals surface area (Å²) < 4.78 is 4.37. The zero-order valence-electron chi connectivity index (χ0n) is 18.0. The van der Waals surface area contributed by atoms with Crippen molar-refractivity contribution in [3.63, 3.8) is 0 Å². The van der Waals surface area contributed by atoms with Crippen molar-refractivity contribution in [1.82, 2.24) is 0 Å². The second kappa shape index (κ2) is 11.9. The minimum absolute atomic E-state index is 0.0512. The molecule has 0 unspecified atom stereocenters. The van der Waals surface area contributed by atoms with Crippen molar-refractivity contribution in [3.8, 4) is 0 Å². The van der Waals surface area contributed by atoms with E-state index < -0.39 is 11.7 Å². The molecule has 0 heterocycles. The van der Waals surface area contributed by atoms with E-state index in [0.717, 1.165) is 32.8 Å². The van der Waals surface area contributed by atoms with Crippen LogP contribution in [0.2, 0.25) is 0 Å². The number of allylic oxidation sites excluding steroid dienone is 3. The molecule has 0 amide bonds. The van der Waals surface area contributed by atoms with Crippen LogP contribution in [0.4, 0.5) is 0 Å². The smallest absolute Gasteiger partial charge is 0.376 e.